The first kappa shape index (κ1) is 17.3. The number of benzene rings is 1. The Morgan fingerprint density at radius 1 is 1.10 bits per heavy atom. The summed E-state index contributed by atoms with van der Waals surface area (Å²) in [5.74, 6) is 1.10. The van der Waals surface area contributed by atoms with Crippen molar-refractivity contribution < 1.29 is 9.32 Å². The van der Waals surface area contributed by atoms with Crippen molar-refractivity contribution in [3.05, 3.63) is 78.2 Å². The first-order valence-corrected chi connectivity index (χ1v) is 9.34. The van der Waals surface area contributed by atoms with E-state index in [1.807, 2.05) is 49.4 Å². The molecule has 0 saturated carbocycles. The minimum Gasteiger partial charge on any atom is -0.339 e. The summed E-state index contributed by atoms with van der Waals surface area (Å²) in [6.45, 7) is 3.00. The molecule has 8 heteroatoms. The number of carbonyl (C=O) groups is 1. The third kappa shape index (κ3) is 3.08. The summed E-state index contributed by atoms with van der Waals surface area (Å²) in [5.41, 5.74) is 3.21. The van der Waals surface area contributed by atoms with Crippen LogP contribution in [-0.2, 0) is 0 Å². The number of para-hydroxylation sites is 1. The Morgan fingerprint density at radius 3 is 2.62 bits per heavy atom. The fourth-order valence-corrected chi connectivity index (χ4v) is 3.44. The molecule has 4 heterocycles. The van der Waals surface area contributed by atoms with Gasteiger partial charge in [-0.3, -0.25) is 9.78 Å². The summed E-state index contributed by atoms with van der Waals surface area (Å²) >= 11 is 0. The zero-order valence-corrected chi connectivity index (χ0v) is 15.8. The van der Waals surface area contributed by atoms with Gasteiger partial charge in [-0.25, -0.2) is 4.68 Å². The molecule has 29 heavy (non-hydrogen) atoms. The molecule has 0 spiro atoms. The molecule has 1 fully saturated rings. The second-order valence-corrected chi connectivity index (χ2v) is 6.99. The molecular weight excluding hydrogens is 368 g/mol. The van der Waals surface area contributed by atoms with Gasteiger partial charge in [-0.2, -0.15) is 10.1 Å². The molecule has 8 nitrogen and oxygen atoms in total. The maximum atomic E-state index is 12.9. The average molecular weight is 386 g/mol. The van der Waals surface area contributed by atoms with Gasteiger partial charge in [0.2, 0.25) is 11.7 Å². The number of likely N-dealkylation sites (tertiary alicyclic amines) is 1. The van der Waals surface area contributed by atoms with Gasteiger partial charge in [-0.1, -0.05) is 23.4 Å². The predicted molar refractivity (Wildman–Crippen MR) is 104 cm³/mol. The molecule has 0 radical (unpaired) electrons. The van der Waals surface area contributed by atoms with Crippen LogP contribution < -0.4 is 0 Å². The number of pyridine rings is 1. The standard InChI is InChI=1S/C21H18N6O2/c1-14-18(11-23-27(14)17-5-3-2-4-6-17)21(28)26-12-16(13-26)20-24-19(25-29-20)15-7-9-22-10-8-15/h2-11,16H,12-13H2,1H3. The van der Waals surface area contributed by atoms with Gasteiger partial charge in [0.15, 0.2) is 0 Å². The van der Waals surface area contributed by atoms with E-state index in [1.54, 1.807) is 28.2 Å². The average Bonchev–Trinajstić information content (AvgIpc) is 3.35. The molecule has 144 valence electrons. The van der Waals surface area contributed by atoms with Crippen LogP contribution in [0.25, 0.3) is 17.1 Å². The van der Waals surface area contributed by atoms with Crippen LogP contribution in [0.4, 0.5) is 0 Å². The minimum atomic E-state index is -0.0326. The minimum absolute atomic E-state index is 0.0326. The van der Waals surface area contributed by atoms with Crippen LogP contribution in [0, 0.1) is 6.92 Å². The van der Waals surface area contributed by atoms with Crippen LogP contribution in [-0.4, -0.2) is 48.8 Å². The Morgan fingerprint density at radius 2 is 1.86 bits per heavy atom. The van der Waals surface area contributed by atoms with Gasteiger partial charge < -0.3 is 9.42 Å². The number of amides is 1. The fourth-order valence-electron chi connectivity index (χ4n) is 3.44. The van der Waals surface area contributed by atoms with Crippen molar-refractivity contribution in [2.24, 2.45) is 0 Å². The lowest BCUT2D eigenvalue weighted by atomic mass is 9.99. The molecule has 5 rings (SSSR count). The zero-order chi connectivity index (χ0) is 19.8. The smallest absolute Gasteiger partial charge is 0.257 e. The van der Waals surface area contributed by atoms with Crippen LogP contribution in [0.15, 0.2) is 65.6 Å². The molecular formula is C21H18N6O2. The lowest BCUT2D eigenvalue weighted by Crippen LogP contribution is -2.48. The second-order valence-electron chi connectivity index (χ2n) is 6.99. The number of carbonyl (C=O) groups excluding carboxylic acids is 1. The van der Waals surface area contributed by atoms with E-state index in [1.165, 1.54) is 0 Å². The summed E-state index contributed by atoms with van der Waals surface area (Å²) in [6, 6.07) is 13.4. The summed E-state index contributed by atoms with van der Waals surface area (Å²) in [5, 5.41) is 8.42. The van der Waals surface area contributed by atoms with Crippen molar-refractivity contribution in [1.82, 2.24) is 29.8 Å². The van der Waals surface area contributed by atoms with E-state index in [9.17, 15) is 4.79 Å². The Balaban J connectivity index is 1.28. The largest absolute Gasteiger partial charge is 0.339 e. The van der Waals surface area contributed by atoms with E-state index < -0.39 is 0 Å². The van der Waals surface area contributed by atoms with Crippen molar-refractivity contribution >= 4 is 5.91 Å². The van der Waals surface area contributed by atoms with Crippen molar-refractivity contribution in [3.63, 3.8) is 0 Å². The molecule has 1 aromatic carbocycles. The molecule has 0 atom stereocenters. The molecule has 1 aliphatic rings. The quantitative estimate of drug-likeness (QED) is 0.536. The van der Waals surface area contributed by atoms with E-state index in [0.29, 0.717) is 30.4 Å². The molecule has 0 bridgehead atoms. The number of aromatic nitrogens is 5. The maximum Gasteiger partial charge on any atom is 0.257 e. The van der Waals surface area contributed by atoms with Crippen LogP contribution in [0.2, 0.25) is 0 Å². The molecule has 0 unspecified atom stereocenters. The lowest BCUT2D eigenvalue weighted by molar-refractivity contribution is 0.0568. The van der Waals surface area contributed by atoms with Gasteiger partial charge in [-0.05, 0) is 31.2 Å². The maximum absolute atomic E-state index is 12.9. The second kappa shape index (κ2) is 6.97. The van der Waals surface area contributed by atoms with E-state index in [2.05, 4.69) is 20.2 Å². The third-order valence-electron chi connectivity index (χ3n) is 5.14. The topological polar surface area (TPSA) is 89.9 Å². The van der Waals surface area contributed by atoms with E-state index in [-0.39, 0.29) is 11.8 Å². The first-order valence-electron chi connectivity index (χ1n) is 9.34. The van der Waals surface area contributed by atoms with Gasteiger partial charge in [0.1, 0.15) is 0 Å². The van der Waals surface area contributed by atoms with Gasteiger partial charge in [0.25, 0.3) is 5.91 Å². The Bertz CT molecular complexity index is 1150. The molecule has 0 N–H and O–H groups in total. The number of rotatable bonds is 4. The highest BCUT2D eigenvalue weighted by atomic mass is 16.5. The number of nitrogens with zero attached hydrogens (tertiary/aromatic N) is 6. The molecule has 3 aromatic heterocycles. The molecule has 1 saturated heterocycles. The van der Waals surface area contributed by atoms with Gasteiger partial charge >= 0.3 is 0 Å². The highest BCUT2D eigenvalue weighted by Gasteiger charge is 2.37. The van der Waals surface area contributed by atoms with Crippen LogP contribution in [0.1, 0.15) is 27.9 Å². The highest BCUT2D eigenvalue weighted by Crippen LogP contribution is 2.29. The number of hydrogen-bond donors (Lipinski definition) is 0. The Hall–Kier alpha value is -3.81. The molecule has 1 aliphatic heterocycles. The molecule has 1 amide bonds. The van der Waals surface area contributed by atoms with Crippen LogP contribution in [0.5, 0.6) is 0 Å². The van der Waals surface area contributed by atoms with E-state index in [0.717, 1.165) is 16.9 Å². The van der Waals surface area contributed by atoms with Crippen molar-refractivity contribution in [1.29, 1.82) is 0 Å². The lowest BCUT2D eigenvalue weighted by Gasteiger charge is -2.36. The Kier molecular flexibility index (Phi) is 4.16. The number of hydrogen-bond acceptors (Lipinski definition) is 6. The Labute approximate surface area is 166 Å². The first-order chi connectivity index (χ1) is 14.2. The SMILES string of the molecule is Cc1c(C(=O)N2CC(c3nc(-c4ccncc4)no3)C2)cnn1-c1ccccc1. The van der Waals surface area contributed by atoms with E-state index >= 15 is 0 Å². The molecule has 4 aromatic rings. The van der Waals surface area contributed by atoms with Gasteiger partial charge in [0, 0.05) is 31.0 Å². The van der Waals surface area contributed by atoms with Crippen molar-refractivity contribution in [3.8, 4) is 17.1 Å². The van der Waals surface area contributed by atoms with Gasteiger partial charge in [0.05, 0.1) is 29.1 Å². The van der Waals surface area contributed by atoms with Crippen molar-refractivity contribution in [2.75, 3.05) is 13.1 Å². The predicted octanol–water partition coefficient (Wildman–Crippen LogP) is 2.87. The van der Waals surface area contributed by atoms with E-state index in [4.69, 9.17) is 4.52 Å². The third-order valence-corrected chi connectivity index (χ3v) is 5.14. The van der Waals surface area contributed by atoms with Crippen LogP contribution >= 0.6 is 0 Å². The summed E-state index contributed by atoms with van der Waals surface area (Å²) < 4.78 is 7.19. The fraction of sp³-hybridized carbons (Fsp3) is 0.190. The monoisotopic (exact) mass is 386 g/mol. The normalized spacial score (nSPS) is 14.0. The summed E-state index contributed by atoms with van der Waals surface area (Å²) in [4.78, 5) is 23.1. The summed E-state index contributed by atoms with van der Waals surface area (Å²) in [7, 11) is 0. The summed E-state index contributed by atoms with van der Waals surface area (Å²) in [6.07, 6.45) is 5.01. The highest BCUT2D eigenvalue weighted by molar-refractivity contribution is 5.95. The zero-order valence-electron chi connectivity index (χ0n) is 15.8. The van der Waals surface area contributed by atoms with Gasteiger partial charge in [-0.15, -0.1) is 0 Å². The van der Waals surface area contributed by atoms with Crippen LogP contribution in [0.3, 0.4) is 0 Å². The molecule has 0 aliphatic carbocycles. The van der Waals surface area contributed by atoms with Crippen molar-refractivity contribution in [2.45, 2.75) is 12.8 Å².